The van der Waals surface area contributed by atoms with Crippen molar-refractivity contribution in [3.05, 3.63) is 64.2 Å². The molecule has 1 atom stereocenters. The van der Waals surface area contributed by atoms with Crippen LogP contribution >= 0.6 is 0 Å². The van der Waals surface area contributed by atoms with Gasteiger partial charge in [0.2, 0.25) is 0 Å². The lowest BCUT2D eigenvalue weighted by Gasteiger charge is -2.56. The predicted octanol–water partition coefficient (Wildman–Crippen LogP) is 3.17. The van der Waals surface area contributed by atoms with Gasteiger partial charge in [0.05, 0.1) is 19.3 Å². The van der Waals surface area contributed by atoms with Gasteiger partial charge in [-0.3, -0.25) is 0 Å². The van der Waals surface area contributed by atoms with E-state index in [9.17, 15) is 4.79 Å². The quantitative estimate of drug-likeness (QED) is 0.792. The van der Waals surface area contributed by atoms with E-state index in [4.69, 9.17) is 18.9 Å². The minimum atomic E-state index is -0.0295. The average Bonchev–Trinajstić information content (AvgIpc) is 2.75. The molecule has 1 unspecified atom stereocenters. The number of fused-ring (bicyclic) bond motifs is 2. The van der Waals surface area contributed by atoms with Crippen LogP contribution in [0.25, 0.3) is 5.57 Å². The number of nitrogens with one attached hydrogen (secondary N) is 1. The number of ether oxygens (including phenoxy) is 4. The van der Waals surface area contributed by atoms with Gasteiger partial charge in [-0.15, -0.1) is 0 Å². The monoisotopic (exact) mass is 405 g/mol. The van der Waals surface area contributed by atoms with Crippen molar-refractivity contribution in [3.8, 4) is 11.5 Å². The average molecular weight is 405 g/mol. The van der Waals surface area contributed by atoms with Crippen LogP contribution in [0.1, 0.15) is 35.1 Å². The molecule has 2 aromatic carbocycles. The van der Waals surface area contributed by atoms with Crippen LogP contribution in [-0.2, 0) is 27.5 Å². The van der Waals surface area contributed by atoms with E-state index in [1.54, 1.807) is 0 Å². The molecule has 30 heavy (non-hydrogen) atoms. The molecule has 1 N–H and O–H groups in total. The number of hydrogen-bond acceptors (Lipinski definition) is 6. The Bertz CT molecular complexity index is 990. The summed E-state index contributed by atoms with van der Waals surface area (Å²) in [5, 5.41) is 3.25. The first-order chi connectivity index (χ1) is 14.8. The van der Waals surface area contributed by atoms with E-state index in [2.05, 4.69) is 29.6 Å². The van der Waals surface area contributed by atoms with Gasteiger partial charge in [-0.25, -0.2) is 0 Å². The van der Waals surface area contributed by atoms with Gasteiger partial charge in [0.1, 0.15) is 17.8 Å². The van der Waals surface area contributed by atoms with Gasteiger partial charge in [0.15, 0.2) is 13.6 Å². The zero-order chi connectivity index (χ0) is 20.1. The first kappa shape index (κ1) is 18.1. The summed E-state index contributed by atoms with van der Waals surface area (Å²) in [6, 6.07) is 12.6. The normalized spacial score (nSPS) is 26.4. The lowest BCUT2D eigenvalue weighted by Crippen LogP contribution is -2.66. The lowest BCUT2D eigenvalue weighted by molar-refractivity contribution is -0.117. The van der Waals surface area contributed by atoms with Crippen molar-refractivity contribution >= 4 is 11.9 Å². The molecule has 1 saturated heterocycles. The molecule has 4 aliphatic rings. The summed E-state index contributed by atoms with van der Waals surface area (Å²) >= 11 is 0. The highest BCUT2D eigenvalue weighted by Gasteiger charge is 2.53. The Hall–Kier alpha value is -2.67. The maximum atomic E-state index is 11.4. The van der Waals surface area contributed by atoms with Gasteiger partial charge in [-0.2, -0.15) is 0 Å². The summed E-state index contributed by atoms with van der Waals surface area (Å²) in [7, 11) is 0. The maximum Gasteiger partial charge on any atom is 0.189 e. The van der Waals surface area contributed by atoms with Crippen LogP contribution in [0.15, 0.2) is 42.0 Å². The molecule has 1 spiro atoms. The van der Waals surface area contributed by atoms with E-state index >= 15 is 0 Å². The second-order valence-corrected chi connectivity index (χ2v) is 8.56. The summed E-state index contributed by atoms with van der Waals surface area (Å²) in [6.45, 7) is 2.61. The molecular weight excluding hydrogens is 382 g/mol. The molecule has 0 aromatic heterocycles. The zero-order valence-corrected chi connectivity index (χ0v) is 16.6. The van der Waals surface area contributed by atoms with Crippen LogP contribution in [0, 0.1) is 5.41 Å². The van der Waals surface area contributed by atoms with E-state index < -0.39 is 0 Å². The van der Waals surface area contributed by atoms with E-state index in [1.165, 1.54) is 11.1 Å². The number of rotatable bonds is 3. The third-order valence-corrected chi connectivity index (χ3v) is 6.76. The number of carbonyl (C=O) groups is 1. The molecule has 6 rings (SSSR count). The molecule has 154 valence electrons. The van der Waals surface area contributed by atoms with Crippen LogP contribution in [0.5, 0.6) is 11.5 Å². The van der Waals surface area contributed by atoms with Gasteiger partial charge < -0.3 is 29.1 Å². The number of hydrogen-bond donors (Lipinski definition) is 1. The SMILES string of the molecule is O=CC1NCC12CC(=C(c1ccc3c(c1)COCO3)c1ccc3c(c1)COCO3)C2. The van der Waals surface area contributed by atoms with Crippen molar-refractivity contribution in [2.45, 2.75) is 32.1 Å². The van der Waals surface area contributed by atoms with E-state index in [0.717, 1.165) is 59.4 Å². The Balaban J connectivity index is 1.43. The first-order valence-electron chi connectivity index (χ1n) is 10.3. The highest BCUT2D eigenvalue weighted by molar-refractivity contribution is 5.85. The summed E-state index contributed by atoms with van der Waals surface area (Å²) < 4.78 is 22.2. The molecule has 2 aromatic rings. The summed E-state index contributed by atoms with van der Waals surface area (Å²) in [6.07, 6.45) is 2.93. The number of aldehydes is 1. The van der Waals surface area contributed by atoms with Crippen LogP contribution in [0.3, 0.4) is 0 Å². The van der Waals surface area contributed by atoms with Crippen LogP contribution in [-0.4, -0.2) is 32.5 Å². The smallest absolute Gasteiger partial charge is 0.189 e. The van der Waals surface area contributed by atoms with Gasteiger partial charge in [0.25, 0.3) is 0 Å². The molecule has 6 nitrogen and oxygen atoms in total. The lowest BCUT2D eigenvalue weighted by atomic mass is 9.55. The Morgan fingerprint density at radius 2 is 1.53 bits per heavy atom. The topological polar surface area (TPSA) is 66.0 Å². The first-order valence-corrected chi connectivity index (χ1v) is 10.3. The van der Waals surface area contributed by atoms with Crippen molar-refractivity contribution < 1.29 is 23.7 Å². The summed E-state index contributed by atoms with van der Waals surface area (Å²) in [5.74, 6) is 1.77. The molecule has 6 heteroatoms. The molecule has 0 radical (unpaired) electrons. The molecule has 0 amide bonds. The van der Waals surface area contributed by atoms with E-state index in [1.807, 2.05) is 12.1 Å². The summed E-state index contributed by atoms with van der Waals surface area (Å²) in [5.41, 5.74) is 7.14. The van der Waals surface area contributed by atoms with E-state index in [0.29, 0.717) is 26.8 Å². The third-order valence-electron chi connectivity index (χ3n) is 6.76. The predicted molar refractivity (Wildman–Crippen MR) is 109 cm³/mol. The number of benzene rings is 2. The van der Waals surface area contributed by atoms with Crippen LogP contribution in [0.2, 0.25) is 0 Å². The number of carbonyl (C=O) groups excluding carboxylic acids is 1. The minimum Gasteiger partial charge on any atom is -0.467 e. The van der Waals surface area contributed by atoms with Crippen LogP contribution < -0.4 is 14.8 Å². The number of allylic oxidation sites excluding steroid dienone is 1. The summed E-state index contributed by atoms with van der Waals surface area (Å²) in [4.78, 5) is 11.4. The standard InChI is InChI=1S/C24H23NO5/c26-9-22-24(12-25-22)7-19(8-24)23(15-1-3-20-17(5-15)10-27-13-29-20)16-2-4-21-18(6-16)11-28-14-30-21/h1-6,9,22,25H,7-8,10-14H2. The Labute approximate surface area is 174 Å². The van der Waals surface area contributed by atoms with Gasteiger partial charge in [-0.1, -0.05) is 17.7 Å². The molecule has 2 fully saturated rings. The van der Waals surface area contributed by atoms with Gasteiger partial charge >= 0.3 is 0 Å². The van der Waals surface area contributed by atoms with Crippen molar-refractivity contribution in [2.24, 2.45) is 5.41 Å². The Kier molecular flexibility index (Phi) is 4.19. The fourth-order valence-electron chi connectivity index (χ4n) is 5.09. The highest BCUT2D eigenvalue weighted by Crippen LogP contribution is 2.54. The van der Waals surface area contributed by atoms with Crippen molar-refractivity contribution in [1.29, 1.82) is 0 Å². The molecule has 3 heterocycles. The Morgan fingerprint density at radius 1 is 0.933 bits per heavy atom. The van der Waals surface area contributed by atoms with Crippen molar-refractivity contribution in [1.82, 2.24) is 5.32 Å². The van der Waals surface area contributed by atoms with Gasteiger partial charge in [-0.05, 0) is 53.8 Å². The van der Waals surface area contributed by atoms with Gasteiger partial charge in [0, 0.05) is 23.1 Å². The minimum absolute atomic E-state index is 0.0295. The van der Waals surface area contributed by atoms with Crippen molar-refractivity contribution in [3.63, 3.8) is 0 Å². The third kappa shape index (κ3) is 2.79. The molecule has 0 bridgehead atoms. The molecule has 1 aliphatic carbocycles. The van der Waals surface area contributed by atoms with E-state index in [-0.39, 0.29) is 11.5 Å². The Morgan fingerprint density at radius 3 is 2.03 bits per heavy atom. The molecule has 3 aliphatic heterocycles. The second-order valence-electron chi connectivity index (χ2n) is 8.56. The zero-order valence-electron chi connectivity index (χ0n) is 16.6. The largest absolute Gasteiger partial charge is 0.467 e. The van der Waals surface area contributed by atoms with Crippen molar-refractivity contribution in [2.75, 3.05) is 20.1 Å². The molecule has 1 saturated carbocycles. The fourth-order valence-corrected chi connectivity index (χ4v) is 5.09. The molecular formula is C24H23NO5. The fraction of sp³-hybridized carbons (Fsp3) is 0.375. The van der Waals surface area contributed by atoms with Crippen LogP contribution in [0.4, 0.5) is 0 Å². The highest BCUT2D eigenvalue weighted by atomic mass is 16.7. The maximum absolute atomic E-state index is 11.4. The second kappa shape index (κ2) is 6.94.